The number of pyridine rings is 1. The largest absolute Gasteiger partial charge is 0.456 e. The summed E-state index contributed by atoms with van der Waals surface area (Å²) < 4.78 is 27.6. The van der Waals surface area contributed by atoms with Gasteiger partial charge < -0.3 is 14.8 Å². The number of esters is 1. The lowest BCUT2D eigenvalue weighted by molar-refractivity contribution is 0.00641. The van der Waals surface area contributed by atoms with Gasteiger partial charge in [-0.1, -0.05) is 30.0 Å². The van der Waals surface area contributed by atoms with Crippen molar-refractivity contribution in [3.8, 4) is 11.8 Å². The van der Waals surface area contributed by atoms with Gasteiger partial charge in [0, 0.05) is 35.3 Å². The van der Waals surface area contributed by atoms with E-state index in [0.717, 1.165) is 48.9 Å². The molecule has 1 saturated heterocycles. The fourth-order valence-corrected chi connectivity index (χ4v) is 5.90. The summed E-state index contributed by atoms with van der Waals surface area (Å²) in [7, 11) is 2.05. The summed E-state index contributed by atoms with van der Waals surface area (Å²) in [5.41, 5.74) is 1.58. The number of carbonyl (C=O) groups excluding carboxylic acids is 3. The van der Waals surface area contributed by atoms with Gasteiger partial charge in [-0.05, 0) is 117 Å². The number of aryl methyl sites for hydroxylation is 1. The quantitative estimate of drug-likeness (QED) is 0.119. The van der Waals surface area contributed by atoms with Crippen molar-refractivity contribution in [3.05, 3.63) is 94.6 Å². The average Bonchev–Trinajstić information content (AvgIpc) is 3.63. The maximum absolute atomic E-state index is 14.9. The summed E-state index contributed by atoms with van der Waals surface area (Å²) in [6, 6.07) is 15.6. The molecule has 0 bridgehead atoms. The predicted octanol–water partition coefficient (Wildman–Crippen LogP) is 8.31. The van der Waals surface area contributed by atoms with Crippen LogP contribution in [0.1, 0.15) is 111 Å². The highest BCUT2D eigenvalue weighted by Crippen LogP contribution is 2.35. The number of aromatic nitrogens is 2. The number of anilines is 1. The first-order valence-corrected chi connectivity index (χ1v) is 17.0. The molecular formula is C40H45FN4O5. The predicted molar refractivity (Wildman–Crippen MR) is 192 cm³/mol. The molecular weight excluding hydrogens is 635 g/mol. The lowest BCUT2D eigenvalue weighted by atomic mass is 10.1. The standard InChI is InChI=1S/C40H45FN4O5/c1-39(2,3)49-37(47)30-16-11-15-27(35(30)41)14-10-8-9-13-26-18-20-28(21-19-26)36(46)43-34-24-32-29(25-42-34)23-33(31-17-12-22-44(31)7)45(32)38(48)50-40(4,5)6/h11,15-16,18-21,23-25,31H,8-9,12-13,17,22H2,1-7H3,(H,42,43,46)/t31-/m1/s1. The Morgan fingerprint density at radius 3 is 2.38 bits per heavy atom. The molecule has 1 amide bonds. The van der Waals surface area contributed by atoms with Gasteiger partial charge in [0.15, 0.2) is 5.82 Å². The SMILES string of the molecule is CN1CCC[C@@H]1c1cc2cnc(NC(=O)c3ccc(CCCC#Cc4cccc(C(=O)OC(C)(C)C)c4F)cc3)cc2n1C(=O)OC(C)(C)C. The molecule has 50 heavy (non-hydrogen) atoms. The van der Waals surface area contributed by atoms with E-state index >= 15 is 0 Å². The molecule has 0 aliphatic carbocycles. The van der Waals surface area contributed by atoms with Crippen LogP contribution < -0.4 is 5.32 Å². The van der Waals surface area contributed by atoms with E-state index in [0.29, 0.717) is 23.3 Å². The summed E-state index contributed by atoms with van der Waals surface area (Å²) in [5.74, 6) is 4.42. The number of unbranched alkanes of at least 4 members (excludes halogenated alkanes) is 1. The molecule has 0 spiro atoms. The molecule has 10 heteroatoms. The first kappa shape index (κ1) is 36.3. The summed E-state index contributed by atoms with van der Waals surface area (Å²) in [4.78, 5) is 45.7. The molecule has 0 saturated carbocycles. The van der Waals surface area contributed by atoms with E-state index in [1.165, 1.54) is 6.07 Å². The van der Waals surface area contributed by atoms with E-state index < -0.39 is 29.1 Å². The van der Waals surface area contributed by atoms with E-state index in [1.54, 1.807) is 61.9 Å². The van der Waals surface area contributed by atoms with Crippen molar-refractivity contribution in [1.82, 2.24) is 14.5 Å². The van der Waals surface area contributed by atoms with Crippen LogP contribution in [0.25, 0.3) is 10.9 Å². The van der Waals surface area contributed by atoms with Crippen molar-refractivity contribution in [3.63, 3.8) is 0 Å². The maximum Gasteiger partial charge on any atom is 0.419 e. The van der Waals surface area contributed by atoms with Crippen LogP contribution >= 0.6 is 0 Å². The Morgan fingerprint density at radius 1 is 1.00 bits per heavy atom. The number of hydrogen-bond acceptors (Lipinski definition) is 7. The monoisotopic (exact) mass is 680 g/mol. The molecule has 1 aliphatic rings. The zero-order chi connectivity index (χ0) is 36.2. The van der Waals surface area contributed by atoms with Crippen LogP contribution in [0.4, 0.5) is 15.0 Å². The first-order chi connectivity index (χ1) is 23.6. The van der Waals surface area contributed by atoms with E-state index in [4.69, 9.17) is 9.47 Å². The first-order valence-electron chi connectivity index (χ1n) is 17.0. The molecule has 1 aliphatic heterocycles. The molecule has 0 unspecified atom stereocenters. The third-order valence-corrected chi connectivity index (χ3v) is 8.22. The normalized spacial score (nSPS) is 15.0. The Labute approximate surface area is 293 Å². The number of carbonyl (C=O) groups is 3. The fourth-order valence-electron chi connectivity index (χ4n) is 5.90. The Bertz CT molecular complexity index is 1960. The average molecular weight is 681 g/mol. The number of ether oxygens (including phenoxy) is 2. The van der Waals surface area contributed by atoms with Gasteiger partial charge in [0.05, 0.1) is 22.7 Å². The van der Waals surface area contributed by atoms with Crippen molar-refractivity contribution in [1.29, 1.82) is 0 Å². The topological polar surface area (TPSA) is 103 Å². The van der Waals surface area contributed by atoms with Crippen LogP contribution in [0.15, 0.2) is 60.8 Å². The summed E-state index contributed by atoms with van der Waals surface area (Å²) in [6.45, 7) is 11.6. The molecule has 0 radical (unpaired) electrons. The number of fused-ring (bicyclic) bond motifs is 1. The third kappa shape index (κ3) is 8.96. The van der Waals surface area contributed by atoms with Crippen LogP contribution in [-0.2, 0) is 15.9 Å². The Morgan fingerprint density at radius 2 is 1.72 bits per heavy atom. The lowest BCUT2D eigenvalue weighted by Gasteiger charge is -2.24. The molecule has 1 N–H and O–H groups in total. The molecule has 1 fully saturated rings. The van der Waals surface area contributed by atoms with Gasteiger partial charge >= 0.3 is 12.1 Å². The highest BCUT2D eigenvalue weighted by Gasteiger charge is 2.31. The van der Waals surface area contributed by atoms with Gasteiger partial charge in [-0.25, -0.2) is 23.5 Å². The molecule has 3 heterocycles. The van der Waals surface area contributed by atoms with Crippen LogP contribution in [0.3, 0.4) is 0 Å². The molecule has 4 aromatic rings. The van der Waals surface area contributed by atoms with Crippen molar-refractivity contribution in [2.45, 2.75) is 90.9 Å². The maximum atomic E-state index is 14.9. The van der Waals surface area contributed by atoms with Gasteiger partial charge in [-0.2, -0.15) is 0 Å². The number of nitrogens with one attached hydrogen (secondary N) is 1. The van der Waals surface area contributed by atoms with Gasteiger partial charge in [0.25, 0.3) is 5.91 Å². The van der Waals surface area contributed by atoms with Gasteiger partial charge in [-0.3, -0.25) is 9.69 Å². The lowest BCUT2D eigenvalue weighted by Crippen LogP contribution is -2.30. The minimum atomic E-state index is -0.728. The van der Waals surface area contributed by atoms with E-state index in [2.05, 4.69) is 34.1 Å². The third-order valence-electron chi connectivity index (χ3n) is 8.22. The Hall–Kier alpha value is -5.01. The van der Waals surface area contributed by atoms with Crippen LogP contribution in [-0.4, -0.2) is 57.2 Å². The Kier molecular flexibility index (Phi) is 10.8. The molecule has 5 rings (SSSR count). The fraction of sp³-hybridized carbons (Fsp3) is 0.400. The van der Waals surface area contributed by atoms with Gasteiger partial charge in [0.1, 0.15) is 17.0 Å². The smallest absolute Gasteiger partial charge is 0.419 e. The number of likely N-dealkylation sites (tertiary alicyclic amines) is 1. The van der Waals surface area contributed by atoms with E-state index in [-0.39, 0.29) is 23.1 Å². The molecule has 2 aromatic carbocycles. The highest BCUT2D eigenvalue weighted by molar-refractivity contribution is 6.04. The second-order valence-corrected chi connectivity index (χ2v) is 14.6. The second-order valence-electron chi connectivity index (χ2n) is 14.6. The minimum Gasteiger partial charge on any atom is -0.456 e. The number of benzene rings is 2. The van der Waals surface area contributed by atoms with Crippen LogP contribution in [0.2, 0.25) is 0 Å². The number of halogens is 1. The molecule has 2 aromatic heterocycles. The van der Waals surface area contributed by atoms with Gasteiger partial charge in [0.2, 0.25) is 0 Å². The second kappa shape index (κ2) is 14.9. The van der Waals surface area contributed by atoms with E-state index in [9.17, 15) is 18.8 Å². The van der Waals surface area contributed by atoms with Crippen molar-refractivity contribution in [2.75, 3.05) is 18.9 Å². The molecule has 1 atom stereocenters. The van der Waals surface area contributed by atoms with Crippen LogP contribution in [0.5, 0.6) is 0 Å². The number of hydrogen-bond donors (Lipinski definition) is 1. The Balaban J connectivity index is 1.22. The highest BCUT2D eigenvalue weighted by atomic mass is 19.1. The molecule has 9 nitrogen and oxygen atoms in total. The van der Waals surface area contributed by atoms with E-state index in [1.807, 2.05) is 39.0 Å². The zero-order valence-electron chi connectivity index (χ0n) is 29.9. The summed E-state index contributed by atoms with van der Waals surface area (Å²) in [5, 5.41) is 3.66. The minimum absolute atomic E-state index is 0.0735. The van der Waals surface area contributed by atoms with Crippen molar-refractivity contribution >= 4 is 34.7 Å². The number of nitrogens with zero attached hydrogens (tertiary/aromatic N) is 3. The van der Waals surface area contributed by atoms with Crippen LogP contribution in [0, 0.1) is 17.7 Å². The molecule has 262 valence electrons. The summed E-state index contributed by atoms with van der Waals surface area (Å²) >= 11 is 0. The zero-order valence-corrected chi connectivity index (χ0v) is 29.9. The van der Waals surface area contributed by atoms with Gasteiger partial charge in [-0.15, -0.1) is 0 Å². The van der Waals surface area contributed by atoms with Crippen molar-refractivity contribution in [2.24, 2.45) is 0 Å². The van der Waals surface area contributed by atoms with Crippen molar-refractivity contribution < 1.29 is 28.2 Å². The summed E-state index contributed by atoms with van der Waals surface area (Å²) in [6.07, 6.45) is 5.15. The number of amides is 1. The number of rotatable bonds is 7.